The van der Waals surface area contributed by atoms with Crippen LogP contribution in [-0.4, -0.2) is 29.3 Å². The first kappa shape index (κ1) is 19.4. The van der Waals surface area contributed by atoms with Gasteiger partial charge in [-0.1, -0.05) is 29.3 Å². The van der Waals surface area contributed by atoms with Crippen molar-refractivity contribution >= 4 is 51.9 Å². The number of carbonyl (C=O) groups is 1. The number of nitro benzene ring substituents is 2. The SMILES string of the molecule is CN(CC(=O)Nc1c(Cl)cccc1Cl)c1ccc([N+](=O)[O-])cc1[N+](=O)[O-]. The number of benzene rings is 2. The molecule has 9 nitrogen and oxygen atoms in total. The average Bonchev–Trinajstić information content (AvgIpc) is 2.57. The molecule has 2 rings (SSSR count). The lowest BCUT2D eigenvalue weighted by Crippen LogP contribution is -2.30. The summed E-state index contributed by atoms with van der Waals surface area (Å²) in [6, 6.07) is 7.90. The summed E-state index contributed by atoms with van der Waals surface area (Å²) in [4.78, 5) is 34.0. The van der Waals surface area contributed by atoms with Gasteiger partial charge in [0, 0.05) is 13.1 Å². The van der Waals surface area contributed by atoms with Crippen molar-refractivity contribution in [1.82, 2.24) is 0 Å². The van der Waals surface area contributed by atoms with Gasteiger partial charge in [-0.15, -0.1) is 0 Å². The van der Waals surface area contributed by atoms with Crippen LogP contribution >= 0.6 is 23.2 Å². The Morgan fingerprint density at radius 3 is 2.27 bits per heavy atom. The molecule has 0 unspecified atom stereocenters. The van der Waals surface area contributed by atoms with Crippen LogP contribution in [0, 0.1) is 20.2 Å². The van der Waals surface area contributed by atoms with Crippen molar-refractivity contribution in [2.45, 2.75) is 0 Å². The van der Waals surface area contributed by atoms with Gasteiger partial charge in [0.05, 0.1) is 38.2 Å². The molecular weight excluding hydrogens is 387 g/mol. The Bertz CT molecular complexity index is 870. The molecule has 0 radical (unpaired) electrons. The van der Waals surface area contributed by atoms with E-state index in [1.165, 1.54) is 18.0 Å². The zero-order chi connectivity index (χ0) is 19.4. The molecule has 0 saturated heterocycles. The third-order valence-corrected chi connectivity index (χ3v) is 4.02. The van der Waals surface area contributed by atoms with E-state index in [1.807, 2.05) is 0 Å². The summed E-state index contributed by atoms with van der Waals surface area (Å²) in [6.45, 7) is -0.264. The molecule has 0 bridgehead atoms. The second-order valence-electron chi connectivity index (χ2n) is 5.19. The molecule has 26 heavy (non-hydrogen) atoms. The maximum atomic E-state index is 12.2. The topological polar surface area (TPSA) is 119 Å². The molecule has 11 heteroatoms. The molecule has 0 atom stereocenters. The minimum absolute atomic E-state index is 0.0565. The van der Waals surface area contributed by atoms with Crippen LogP contribution in [0.2, 0.25) is 10.0 Å². The number of amides is 1. The quantitative estimate of drug-likeness (QED) is 0.582. The molecule has 0 spiro atoms. The number of nitrogens with zero attached hydrogens (tertiary/aromatic N) is 3. The summed E-state index contributed by atoms with van der Waals surface area (Å²) in [5, 5.41) is 25.0. The minimum Gasteiger partial charge on any atom is -0.360 e. The lowest BCUT2D eigenvalue weighted by molar-refractivity contribution is -0.393. The minimum atomic E-state index is -0.748. The van der Waals surface area contributed by atoms with E-state index < -0.39 is 27.1 Å². The van der Waals surface area contributed by atoms with Gasteiger partial charge in [-0.2, -0.15) is 0 Å². The van der Waals surface area contributed by atoms with Crippen molar-refractivity contribution in [2.75, 3.05) is 23.8 Å². The largest absolute Gasteiger partial charge is 0.360 e. The van der Waals surface area contributed by atoms with E-state index in [9.17, 15) is 25.0 Å². The van der Waals surface area contributed by atoms with E-state index >= 15 is 0 Å². The number of rotatable bonds is 6. The Morgan fingerprint density at radius 2 is 1.73 bits per heavy atom. The van der Waals surface area contributed by atoms with Crippen LogP contribution in [0.1, 0.15) is 0 Å². The van der Waals surface area contributed by atoms with E-state index in [-0.39, 0.29) is 28.0 Å². The van der Waals surface area contributed by atoms with Crippen molar-refractivity contribution in [3.63, 3.8) is 0 Å². The van der Waals surface area contributed by atoms with Gasteiger partial charge in [-0.3, -0.25) is 25.0 Å². The number of halogens is 2. The number of likely N-dealkylation sites (N-methyl/N-ethyl adjacent to an activating group) is 1. The summed E-state index contributed by atoms with van der Waals surface area (Å²) in [5.74, 6) is -0.518. The van der Waals surface area contributed by atoms with Crippen LogP contribution < -0.4 is 10.2 Å². The highest BCUT2D eigenvalue weighted by molar-refractivity contribution is 6.39. The summed E-state index contributed by atoms with van der Waals surface area (Å²) >= 11 is 12.0. The van der Waals surface area contributed by atoms with E-state index in [4.69, 9.17) is 23.2 Å². The Hall–Kier alpha value is -2.91. The average molecular weight is 399 g/mol. The van der Waals surface area contributed by atoms with Gasteiger partial charge in [0.15, 0.2) is 0 Å². The van der Waals surface area contributed by atoms with E-state index in [0.29, 0.717) is 0 Å². The number of nitro groups is 2. The molecule has 1 N–H and O–H groups in total. The Kier molecular flexibility index (Phi) is 5.96. The van der Waals surface area contributed by atoms with Crippen molar-refractivity contribution < 1.29 is 14.6 Å². The molecule has 2 aromatic rings. The van der Waals surface area contributed by atoms with E-state index in [1.54, 1.807) is 18.2 Å². The second kappa shape index (κ2) is 7.98. The van der Waals surface area contributed by atoms with E-state index in [2.05, 4.69) is 5.32 Å². The fourth-order valence-electron chi connectivity index (χ4n) is 2.19. The molecule has 0 saturated carbocycles. The van der Waals surface area contributed by atoms with Gasteiger partial charge in [-0.25, -0.2) is 0 Å². The first-order valence-corrected chi connectivity index (χ1v) is 7.84. The van der Waals surface area contributed by atoms with Crippen LogP contribution in [-0.2, 0) is 4.79 Å². The zero-order valence-corrected chi connectivity index (χ0v) is 14.8. The number of hydrogen-bond acceptors (Lipinski definition) is 6. The normalized spacial score (nSPS) is 10.3. The van der Waals surface area contributed by atoms with Crippen LogP contribution in [0.5, 0.6) is 0 Å². The summed E-state index contributed by atoms with van der Waals surface area (Å²) in [7, 11) is 1.45. The van der Waals surface area contributed by atoms with Gasteiger partial charge < -0.3 is 10.2 Å². The first-order valence-electron chi connectivity index (χ1n) is 7.08. The van der Waals surface area contributed by atoms with Crippen LogP contribution in [0.25, 0.3) is 0 Å². The highest BCUT2D eigenvalue weighted by atomic mass is 35.5. The molecule has 136 valence electrons. The third-order valence-electron chi connectivity index (χ3n) is 3.39. The molecule has 0 aromatic heterocycles. The maximum Gasteiger partial charge on any atom is 0.299 e. The lowest BCUT2D eigenvalue weighted by atomic mass is 10.2. The smallest absolute Gasteiger partial charge is 0.299 e. The third kappa shape index (κ3) is 4.38. The molecule has 1 amide bonds. The second-order valence-corrected chi connectivity index (χ2v) is 6.00. The van der Waals surface area contributed by atoms with Crippen molar-refractivity contribution in [2.24, 2.45) is 0 Å². The van der Waals surface area contributed by atoms with Crippen LogP contribution in [0.15, 0.2) is 36.4 Å². The standard InChI is InChI=1S/C15H12Cl2N4O5/c1-19(8-14(22)18-15-10(16)3-2-4-11(15)17)12-6-5-9(20(23)24)7-13(12)21(25)26/h2-7H,8H2,1H3,(H,18,22). The van der Waals surface area contributed by atoms with Crippen LogP contribution in [0.3, 0.4) is 0 Å². The van der Waals surface area contributed by atoms with Crippen LogP contribution in [0.4, 0.5) is 22.7 Å². The molecule has 0 aliphatic carbocycles. The Labute approximate surface area is 157 Å². The van der Waals surface area contributed by atoms with Crippen molar-refractivity contribution in [1.29, 1.82) is 0 Å². The lowest BCUT2D eigenvalue weighted by Gasteiger charge is -2.19. The van der Waals surface area contributed by atoms with Gasteiger partial charge in [0.25, 0.3) is 11.4 Å². The van der Waals surface area contributed by atoms with Gasteiger partial charge >= 0.3 is 0 Å². The molecule has 0 fully saturated rings. The highest BCUT2D eigenvalue weighted by Crippen LogP contribution is 2.32. The highest BCUT2D eigenvalue weighted by Gasteiger charge is 2.23. The molecular formula is C15H12Cl2N4O5. The monoisotopic (exact) mass is 398 g/mol. The van der Waals surface area contributed by atoms with E-state index in [0.717, 1.165) is 12.1 Å². The molecule has 2 aromatic carbocycles. The summed E-state index contributed by atoms with van der Waals surface area (Å²) in [5.41, 5.74) is -0.611. The Morgan fingerprint density at radius 1 is 1.12 bits per heavy atom. The number of non-ortho nitro benzene ring substituents is 1. The number of hydrogen-bond donors (Lipinski definition) is 1. The number of anilines is 2. The molecule has 0 aliphatic heterocycles. The number of para-hydroxylation sites is 1. The maximum absolute atomic E-state index is 12.2. The van der Waals surface area contributed by atoms with Gasteiger partial charge in [-0.05, 0) is 18.2 Å². The molecule has 0 heterocycles. The Balaban J connectivity index is 2.21. The predicted molar refractivity (Wildman–Crippen MR) is 98.1 cm³/mol. The zero-order valence-electron chi connectivity index (χ0n) is 13.3. The fraction of sp³-hybridized carbons (Fsp3) is 0.133. The number of carbonyl (C=O) groups excluding carboxylic acids is 1. The van der Waals surface area contributed by atoms with Crippen molar-refractivity contribution in [3.8, 4) is 0 Å². The number of nitrogens with one attached hydrogen (secondary N) is 1. The summed E-state index contributed by atoms with van der Waals surface area (Å²) in [6.07, 6.45) is 0. The fourth-order valence-corrected chi connectivity index (χ4v) is 2.68. The predicted octanol–water partition coefficient (Wildman–Crippen LogP) is 3.88. The van der Waals surface area contributed by atoms with Gasteiger partial charge in [0.2, 0.25) is 5.91 Å². The summed E-state index contributed by atoms with van der Waals surface area (Å²) < 4.78 is 0. The molecule has 0 aliphatic rings. The van der Waals surface area contributed by atoms with Crippen molar-refractivity contribution in [3.05, 3.63) is 66.7 Å². The first-order chi connectivity index (χ1) is 12.2. The van der Waals surface area contributed by atoms with Gasteiger partial charge in [0.1, 0.15) is 5.69 Å².